The summed E-state index contributed by atoms with van der Waals surface area (Å²) in [6, 6.07) is 3.67. The number of nitrogens with zero attached hydrogens (tertiary/aromatic N) is 6. The van der Waals surface area contributed by atoms with Crippen LogP contribution in [0.5, 0.6) is 5.75 Å². The van der Waals surface area contributed by atoms with E-state index in [2.05, 4.69) is 32.3 Å². The van der Waals surface area contributed by atoms with Crippen molar-refractivity contribution in [2.45, 2.75) is 126 Å². The van der Waals surface area contributed by atoms with Gasteiger partial charge in [-0.2, -0.15) is 45.3 Å². The van der Waals surface area contributed by atoms with E-state index in [1.54, 1.807) is 0 Å². The van der Waals surface area contributed by atoms with Crippen LogP contribution in [0, 0.1) is 29.4 Å². The van der Waals surface area contributed by atoms with Gasteiger partial charge in [-0.25, -0.2) is 31.5 Å². The SMILES string of the molecule is CC(C)(CC(=O)N(Cc1nn(CC(F)(F)F)c2c(-c3ccc(C#CC(C)(C)S(C)(=O)=O)nc3[C@H](Cc3cc(F)cc(F)c3)NC(=O)Cn3nc(C(F)(F)F)c4c3C(F)(F)[C@@H]3C[C@H]43)ccc(Cl)c12)S(=O)[O-])c1c(CC(=O)N[C@@H](CC(=O)O)C(=O)O)cc(C(N)=O)cc1OP(=O)(O)O. The number of amides is 4. The summed E-state index contributed by atoms with van der Waals surface area (Å²) in [7, 11) is -9.73. The lowest BCUT2D eigenvalue weighted by Gasteiger charge is -2.33. The third-order valence-corrected chi connectivity index (χ3v) is 18.9. The van der Waals surface area contributed by atoms with Crippen LogP contribution in [0.15, 0.2) is 54.6 Å². The van der Waals surface area contributed by atoms with E-state index in [1.807, 2.05) is 5.32 Å². The number of sulfone groups is 1. The molecule has 1 saturated carbocycles. The Kier molecular flexibility index (Phi) is 20.2. The molecule has 4 amide bonds. The summed E-state index contributed by atoms with van der Waals surface area (Å²) < 4.78 is 217. The van der Waals surface area contributed by atoms with Crippen molar-refractivity contribution in [3.8, 4) is 28.7 Å². The Labute approximate surface area is 543 Å². The van der Waals surface area contributed by atoms with Gasteiger partial charge in [-0.05, 0) is 92.1 Å². The van der Waals surface area contributed by atoms with E-state index in [4.69, 9.17) is 21.9 Å². The number of fused-ring (bicyclic) bond motifs is 4. The minimum absolute atomic E-state index is 0.00477. The lowest BCUT2D eigenvalue weighted by Crippen LogP contribution is -2.43. The number of hydrogen-bond donors (Lipinski definition) is 7. The number of benzene rings is 3. The van der Waals surface area contributed by atoms with Crippen molar-refractivity contribution in [2.24, 2.45) is 11.7 Å². The summed E-state index contributed by atoms with van der Waals surface area (Å²) in [5.74, 6) is -14.2. The maximum atomic E-state index is 15.8. The van der Waals surface area contributed by atoms with Crippen LogP contribution >= 0.6 is 19.4 Å². The molecule has 3 heterocycles. The number of hydrogen-bond acceptors (Lipinski definition) is 15. The van der Waals surface area contributed by atoms with Crippen molar-refractivity contribution < 1.29 is 119 Å². The number of phosphoric acid groups is 1. The fourth-order valence-electron chi connectivity index (χ4n) is 11.1. The summed E-state index contributed by atoms with van der Waals surface area (Å²) in [5, 5.41) is 29.4. The fraction of sp³-hybridized carbons (Fsp3) is 0.386. The molecular weight excluding hydrogens is 1390 g/mol. The first-order valence-corrected chi connectivity index (χ1v) is 32.6. The van der Waals surface area contributed by atoms with E-state index >= 15 is 17.6 Å². The maximum Gasteiger partial charge on any atom is 0.524 e. The Balaban J connectivity index is 1.28. The molecule has 516 valence electrons. The molecule has 2 aliphatic carbocycles. The molecule has 1 fully saturated rings. The zero-order valence-corrected chi connectivity index (χ0v) is 53.3. The molecule has 3 aromatic heterocycles. The van der Waals surface area contributed by atoms with Gasteiger partial charge in [-0.15, -0.1) is 0 Å². The molecule has 2 aliphatic rings. The number of carboxylic acids is 2. The monoisotopic (exact) mass is 1440 g/mol. The molecule has 1 unspecified atom stereocenters. The third kappa shape index (κ3) is 16.3. The Hall–Kier alpha value is -8.53. The van der Waals surface area contributed by atoms with Gasteiger partial charge in [0.2, 0.25) is 23.6 Å². The molecule has 5 atom stereocenters. The van der Waals surface area contributed by atoms with Crippen molar-refractivity contribution in [1.29, 1.82) is 0 Å². The smallest absolute Gasteiger partial charge is 0.524 e. The number of aliphatic carboxylic acids is 2. The van der Waals surface area contributed by atoms with Crippen molar-refractivity contribution in [2.75, 3.05) is 6.26 Å². The number of carbonyl (C=O) groups is 6. The van der Waals surface area contributed by atoms with Crippen LogP contribution in [0.4, 0.5) is 43.9 Å². The zero-order valence-electron chi connectivity index (χ0n) is 50.0. The van der Waals surface area contributed by atoms with Crippen LogP contribution in [0.25, 0.3) is 22.0 Å². The van der Waals surface area contributed by atoms with E-state index in [-0.39, 0.29) is 31.3 Å². The Morgan fingerprint density at radius 1 is 0.938 bits per heavy atom. The van der Waals surface area contributed by atoms with Gasteiger partial charge < -0.3 is 35.7 Å². The zero-order chi connectivity index (χ0) is 71.7. The predicted molar refractivity (Wildman–Crippen MR) is 313 cm³/mol. The average molecular weight is 1440 g/mol. The van der Waals surface area contributed by atoms with Gasteiger partial charge in [0.25, 0.3) is 5.92 Å². The van der Waals surface area contributed by atoms with Gasteiger partial charge in [0.15, 0.2) is 15.5 Å². The van der Waals surface area contributed by atoms with Crippen LogP contribution in [0.3, 0.4) is 0 Å². The van der Waals surface area contributed by atoms with Crippen LogP contribution in [-0.2, 0) is 99.6 Å². The average Bonchev–Trinajstić information content (AvgIpc) is 1.52. The molecule has 0 bridgehead atoms. The predicted octanol–water partition coefficient (Wildman–Crippen LogP) is 6.94. The molecule has 3 aromatic carbocycles. The number of nitrogens with one attached hydrogen (secondary N) is 2. The van der Waals surface area contributed by atoms with E-state index in [0.717, 1.165) is 62.6 Å². The van der Waals surface area contributed by atoms with Gasteiger partial charge in [0, 0.05) is 63.3 Å². The summed E-state index contributed by atoms with van der Waals surface area (Å²) in [4.78, 5) is 103. The summed E-state index contributed by atoms with van der Waals surface area (Å²) in [6.07, 6.45) is -14.3. The maximum absolute atomic E-state index is 15.8. The first kappa shape index (κ1) is 73.3. The number of phosphoric ester groups is 1. The summed E-state index contributed by atoms with van der Waals surface area (Å²) >= 11 is 2.98. The largest absolute Gasteiger partial charge is 0.755 e. The molecule has 8 N–H and O–H groups in total. The number of halogens is 11. The van der Waals surface area contributed by atoms with Crippen molar-refractivity contribution >= 4 is 87.0 Å². The second kappa shape index (κ2) is 26.5. The third-order valence-electron chi connectivity index (χ3n) is 15.5. The Morgan fingerprint density at radius 3 is 2.14 bits per heavy atom. The summed E-state index contributed by atoms with van der Waals surface area (Å²) in [5.41, 5.74) is -5.61. The molecule has 0 aliphatic heterocycles. The second-order valence-corrected chi connectivity index (χ2v) is 28.5. The van der Waals surface area contributed by atoms with Crippen molar-refractivity contribution in [3.05, 3.63) is 128 Å². The second-order valence-electron chi connectivity index (χ2n) is 23.5. The van der Waals surface area contributed by atoms with Crippen LogP contribution in [0.2, 0.25) is 5.02 Å². The molecule has 96 heavy (non-hydrogen) atoms. The van der Waals surface area contributed by atoms with E-state index in [9.17, 15) is 96.9 Å². The topological polar surface area (TPSA) is 386 Å². The summed E-state index contributed by atoms with van der Waals surface area (Å²) in [6.45, 7) is -0.215. The molecule has 0 saturated heterocycles. The number of pyridine rings is 1. The minimum Gasteiger partial charge on any atom is -0.755 e. The number of nitrogens with two attached hydrogens (primary N) is 1. The Morgan fingerprint density at radius 2 is 1.57 bits per heavy atom. The quantitative estimate of drug-likeness (QED) is 0.0140. The molecule has 0 radical (unpaired) electrons. The van der Waals surface area contributed by atoms with Crippen molar-refractivity contribution in [3.63, 3.8) is 0 Å². The number of rotatable bonds is 24. The molecule has 0 spiro atoms. The first-order chi connectivity index (χ1) is 44.1. The molecule has 8 rings (SSSR count). The van der Waals surface area contributed by atoms with E-state index < -0.39 is 252 Å². The van der Waals surface area contributed by atoms with E-state index in [0.29, 0.717) is 12.1 Å². The molecular formula is C57H52ClF10N9O16PS2-. The molecule has 39 heteroatoms. The van der Waals surface area contributed by atoms with Crippen LogP contribution in [0.1, 0.15) is 120 Å². The van der Waals surface area contributed by atoms with Gasteiger partial charge in [0.1, 0.15) is 52.7 Å². The first-order valence-electron chi connectivity index (χ1n) is 27.7. The van der Waals surface area contributed by atoms with Gasteiger partial charge in [-0.1, -0.05) is 37.4 Å². The van der Waals surface area contributed by atoms with Gasteiger partial charge in [0.05, 0.1) is 58.6 Å². The normalized spacial score (nSPS) is 16.3. The van der Waals surface area contributed by atoms with Crippen LogP contribution < -0.4 is 20.9 Å². The highest BCUT2D eigenvalue weighted by atomic mass is 35.5. The number of primary amides is 1. The lowest BCUT2D eigenvalue weighted by molar-refractivity contribution is -0.147. The Bertz CT molecular complexity index is 4470. The highest BCUT2D eigenvalue weighted by Gasteiger charge is 2.68. The van der Waals surface area contributed by atoms with Gasteiger partial charge in [-0.3, -0.25) is 51.6 Å². The fourth-order valence-corrected chi connectivity index (χ4v) is 12.4. The number of carboxylic acid groups (broad SMARTS) is 2. The number of aromatic nitrogens is 5. The highest BCUT2D eigenvalue weighted by molar-refractivity contribution is 7.92. The molecule has 6 aromatic rings. The number of carbonyl (C=O) groups excluding carboxylic acids is 4. The standard InChI is InChI=1S/C57H53ClF10N9O16PS2/c1-53(2,46-26(17-40(78)72-37(52(84)85)20-43(81)82)15-27(51(69)83)16-39(46)93-94(86,87)88)21-42(80)77(95(89)90)22-38-45-35(58)9-8-32(48(45)76(73-38)24-55(61,62)63)31-7-6-30(10-11-54(3,4)96(5,91)92)70-47(31)36(14-25-12-28(59)18-29(60)13-25)71-41(79)23-75-50-44(49(74-75)57(66,67)68)33-19-34(33)56(50,64)65/h6-9,12-13,15-16,18,33-34,36-37H,14,17,19-24H2,1-5H3,(H2,69,83)(H,71,79)(H,72,78)(H,81,82)(H,84,85)(H,89,90)(H2,86,87,88)/p-1/t33-,34+,36-,37-/m0/s1. The van der Waals surface area contributed by atoms with Crippen molar-refractivity contribution in [1.82, 2.24) is 39.5 Å². The van der Waals surface area contributed by atoms with Crippen LogP contribution in [-0.4, -0.2) is 125 Å². The highest BCUT2D eigenvalue weighted by Crippen LogP contribution is 2.68. The number of alkyl halides is 8. The minimum atomic E-state index is -5.73. The van der Waals surface area contributed by atoms with Gasteiger partial charge >= 0.3 is 32.1 Å². The molecule has 25 nitrogen and oxygen atoms in total. The van der Waals surface area contributed by atoms with E-state index in [1.165, 1.54) is 13.8 Å². The lowest BCUT2D eigenvalue weighted by atomic mass is 9.77.